The van der Waals surface area contributed by atoms with Crippen molar-refractivity contribution in [1.82, 2.24) is 0 Å². The first kappa shape index (κ1) is 15.4. The molecule has 0 N–H and O–H groups in total. The lowest BCUT2D eigenvalue weighted by molar-refractivity contribution is 0.102. The molecule has 0 amide bonds. The first-order chi connectivity index (χ1) is 10.1. The van der Waals surface area contributed by atoms with Gasteiger partial charge in [0.25, 0.3) is 0 Å². The highest BCUT2D eigenvalue weighted by Gasteiger charge is 2.09. The van der Waals surface area contributed by atoms with Gasteiger partial charge >= 0.3 is 0 Å². The van der Waals surface area contributed by atoms with Gasteiger partial charge in [-0.25, -0.2) is 4.39 Å². The Morgan fingerprint density at radius 2 is 1.71 bits per heavy atom. The molecule has 0 fully saturated rings. The van der Waals surface area contributed by atoms with Gasteiger partial charge in [0, 0.05) is 10.5 Å². The van der Waals surface area contributed by atoms with Crippen molar-refractivity contribution in [1.29, 1.82) is 0 Å². The van der Waals surface area contributed by atoms with Crippen LogP contribution in [0.2, 0.25) is 0 Å². The maximum absolute atomic E-state index is 12.8. The number of hydrogen-bond acceptors (Lipinski definition) is 4. The average Bonchev–Trinajstić information content (AvgIpc) is 2.52. The van der Waals surface area contributed by atoms with Crippen LogP contribution < -0.4 is 9.47 Å². The van der Waals surface area contributed by atoms with E-state index < -0.39 is 0 Å². The van der Waals surface area contributed by atoms with Gasteiger partial charge < -0.3 is 9.47 Å². The summed E-state index contributed by atoms with van der Waals surface area (Å²) in [4.78, 5) is 12.9. The van der Waals surface area contributed by atoms with Gasteiger partial charge in [0.05, 0.1) is 20.0 Å². The number of rotatable bonds is 6. The molecular formula is C16H15FO3S. The Balaban J connectivity index is 2.02. The van der Waals surface area contributed by atoms with Crippen LogP contribution in [0.4, 0.5) is 4.39 Å². The molecule has 0 aliphatic carbocycles. The molecule has 0 radical (unpaired) electrons. The fourth-order valence-corrected chi connectivity index (χ4v) is 2.59. The molecule has 0 saturated heterocycles. The number of benzene rings is 2. The molecule has 0 spiro atoms. The van der Waals surface area contributed by atoms with Gasteiger partial charge in [-0.15, -0.1) is 11.8 Å². The SMILES string of the molecule is COc1ccc(SCC(=O)c2ccc(F)cc2)cc1OC. The Kier molecular flexibility index (Phi) is 5.22. The molecule has 2 aromatic carbocycles. The van der Waals surface area contributed by atoms with Crippen molar-refractivity contribution in [2.45, 2.75) is 4.90 Å². The molecule has 0 aliphatic heterocycles. The number of ether oxygens (including phenoxy) is 2. The monoisotopic (exact) mass is 306 g/mol. The summed E-state index contributed by atoms with van der Waals surface area (Å²) in [5.41, 5.74) is 0.504. The summed E-state index contributed by atoms with van der Waals surface area (Å²) in [7, 11) is 3.14. The number of carbonyl (C=O) groups is 1. The second-order valence-electron chi connectivity index (χ2n) is 4.24. The summed E-state index contributed by atoms with van der Waals surface area (Å²) in [6, 6.07) is 11.0. The topological polar surface area (TPSA) is 35.5 Å². The van der Waals surface area contributed by atoms with Crippen LogP contribution >= 0.6 is 11.8 Å². The highest BCUT2D eigenvalue weighted by atomic mass is 32.2. The first-order valence-corrected chi connectivity index (χ1v) is 7.26. The van der Waals surface area contributed by atoms with Gasteiger partial charge in [-0.1, -0.05) is 0 Å². The van der Waals surface area contributed by atoms with E-state index in [0.29, 0.717) is 17.1 Å². The van der Waals surface area contributed by atoms with Gasteiger partial charge in [0.1, 0.15) is 5.82 Å². The van der Waals surface area contributed by atoms with Gasteiger partial charge in [0.2, 0.25) is 0 Å². The van der Waals surface area contributed by atoms with E-state index in [9.17, 15) is 9.18 Å². The minimum Gasteiger partial charge on any atom is -0.493 e. The molecule has 0 unspecified atom stereocenters. The van der Waals surface area contributed by atoms with Crippen LogP contribution in [0.1, 0.15) is 10.4 Å². The van der Waals surface area contributed by atoms with Gasteiger partial charge in [-0.2, -0.15) is 0 Å². The molecule has 5 heteroatoms. The summed E-state index contributed by atoms with van der Waals surface area (Å²) >= 11 is 1.40. The summed E-state index contributed by atoms with van der Waals surface area (Å²) in [6.07, 6.45) is 0. The Morgan fingerprint density at radius 3 is 2.33 bits per heavy atom. The predicted molar refractivity (Wildman–Crippen MR) is 81.0 cm³/mol. The van der Waals surface area contributed by atoms with Crippen molar-refractivity contribution in [2.75, 3.05) is 20.0 Å². The molecule has 0 saturated carbocycles. The quantitative estimate of drug-likeness (QED) is 0.600. The lowest BCUT2D eigenvalue weighted by Gasteiger charge is -2.09. The molecule has 2 aromatic rings. The van der Waals surface area contributed by atoms with Gasteiger partial charge in [0.15, 0.2) is 17.3 Å². The average molecular weight is 306 g/mol. The number of methoxy groups -OCH3 is 2. The van der Waals surface area contributed by atoms with E-state index in [4.69, 9.17) is 9.47 Å². The summed E-state index contributed by atoms with van der Waals surface area (Å²) in [5, 5.41) is 0. The third-order valence-electron chi connectivity index (χ3n) is 2.89. The van der Waals surface area contributed by atoms with Crippen LogP contribution in [0, 0.1) is 5.82 Å². The number of thioether (sulfide) groups is 1. The number of halogens is 1. The summed E-state index contributed by atoms with van der Waals surface area (Å²) < 4.78 is 23.2. The molecular weight excluding hydrogens is 291 g/mol. The maximum Gasteiger partial charge on any atom is 0.173 e. The molecule has 0 atom stereocenters. The van der Waals surface area contributed by atoms with Crippen LogP contribution in [0.5, 0.6) is 11.5 Å². The Morgan fingerprint density at radius 1 is 1.05 bits per heavy atom. The molecule has 110 valence electrons. The van der Waals surface area contributed by atoms with E-state index in [-0.39, 0.29) is 17.4 Å². The normalized spacial score (nSPS) is 10.2. The zero-order chi connectivity index (χ0) is 15.2. The molecule has 3 nitrogen and oxygen atoms in total. The molecule has 0 aliphatic rings. The summed E-state index contributed by atoms with van der Waals surface area (Å²) in [5.74, 6) is 1.15. The Bertz CT molecular complexity index is 626. The fraction of sp³-hybridized carbons (Fsp3) is 0.188. The van der Waals surface area contributed by atoms with Crippen molar-refractivity contribution in [2.24, 2.45) is 0 Å². The number of hydrogen-bond donors (Lipinski definition) is 0. The van der Waals surface area contributed by atoms with Crippen molar-refractivity contribution in [3.8, 4) is 11.5 Å². The van der Waals surface area contributed by atoms with Crippen LogP contribution in [-0.4, -0.2) is 25.8 Å². The highest BCUT2D eigenvalue weighted by molar-refractivity contribution is 8.00. The van der Waals surface area contributed by atoms with Crippen LogP contribution in [0.15, 0.2) is 47.4 Å². The third-order valence-corrected chi connectivity index (χ3v) is 3.88. The van der Waals surface area contributed by atoms with E-state index in [1.54, 1.807) is 20.3 Å². The molecule has 0 aromatic heterocycles. The van der Waals surface area contributed by atoms with E-state index >= 15 is 0 Å². The number of Topliss-reactive ketones (excluding diaryl/α,β-unsaturated/α-hetero) is 1. The second kappa shape index (κ2) is 7.13. The van der Waals surface area contributed by atoms with Gasteiger partial charge in [-0.05, 0) is 42.5 Å². The standard InChI is InChI=1S/C16H15FO3S/c1-19-15-8-7-13(9-16(15)20-2)21-10-14(18)11-3-5-12(17)6-4-11/h3-9H,10H2,1-2H3. The van der Waals surface area contributed by atoms with E-state index in [1.807, 2.05) is 12.1 Å². The molecule has 0 heterocycles. The van der Waals surface area contributed by atoms with Crippen molar-refractivity contribution in [3.05, 3.63) is 53.8 Å². The van der Waals surface area contributed by atoms with Crippen molar-refractivity contribution >= 4 is 17.5 Å². The van der Waals surface area contributed by atoms with Crippen LogP contribution in [0.25, 0.3) is 0 Å². The maximum atomic E-state index is 12.8. The highest BCUT2D eigenvalue weighted by Crippen LogP contribution is 2.32. The minimum atomic E-state index is -0.348. The second-order valence-corrected chi connectivity index (χ2v) is 5.28. The minimum absolute atomic E-state index is 0.0465. The van der Waals surface area contributed by atoms with Crippen molar-refractivity contribution in [3.63, 3.8) is 0 Å². The fourth-order valence-electron chi connectivity index (χ4n) is 1.77. The smallest absolute Gasteiger partial charge is 0.173 e. The number of carbonyl (C=O) groups excluding carboxylic acids is 1. The van der Waals surface area contributed by atoms with E-state index in [0.717, 1.165) is 4.90 Å². The van der Waals surface area contributed by atoms with Gasteiger partial charge in [-0.3, -0.25) is 4.79 Å². The molecule has 21 heavy (non-hydrogen) atoms. The largest absolute Gasteiger partial charge is 0.493 e. The molecule has 0 bridgehead atoms. The van der Waals surface area contributed by atoms with Crippen LogP contribution in [-0.2, 0) is 0 Å². The zero-order valence-corrected chi connectivity index (χ0v) is 12.6. The Hall–Kier alpha value is -2.01. The van der Waals surface area contributed by atoms with Crippen LogP contribution in [0.3, 0.4) is 0 Å². The number of ketones is 1. The molecule has 2 rings (SSSR count). The van der Waals surface area contributed by atoms with E-state index in [1.165, 1.54) is 36.0 Å². The van der Waals surface area contributed by atoms with Crippen molar-refractivity contribution < 1.29 is 18.7 Å². The lowest BCUT2D eigenvalue weighted by Crippen LogP contribution is -2.02. The lowest BCUT2D eigenvalue weighted by atomic mass is 10.1. The zero-order valence-electron chi connectivity index (χ0n) is 11.8. The summed E-state index contributed by atoms with van der Waals surface area (Å²) in [6.45, 7) is 0. The Labute approximate surface area is 127 Å². The first-order valence-electron chi connectivity index (χ1n) is 6.27. The van der Waals surface area contributed by atoms with E-state index in [2.05, 4.69) is 0 Å². The third kappa shape index (κ3) is 3.98. The predicted octanol–water partition coefficient (Wildman–Crippen LogP) is 3.82.